The van der Waals surface area contributed by atoms with Gasteiger partial charge in [0.15, 0.2) is 17.3 Å². The van der Waals surface area contributed by atoms with Crippen molar-refractivity contribution in [1.82, 2.24) is 48.1 Å². The van der Waals surface area contributed by atoms with Crippen LogP contribution in [-0.2, 0) is 30.9 Å². The number of ether oxygens (including phenoxy) is 2. The minimum absolute atomic E-state index is 0.161. The van der Waals surface area contributed by atoms with E-state index in [1.54, 1.807) is 49.0 Å². The number of amides is 4. The van der Waals surface area contributed by atoms with E-state index in [-0.39, 0.29) is 47.8 Å². The molecule has 20 heteroatoms. The molecule has 6 N–H and O–H groups in total. The van der Waals surface area contributed by atoms with Gasteiger partial charge in [-0.15, -0.1) is 0 Å². The summed E-state index contributed by atoms with van der Waals surface area (Å²) < 4.78 is 18.6. The van der Waals surface area contributed by atoms with E-state index in [0.29, 0.717) is 67.3 Å². The average molecular weight is 793 g/mol. The highest BCUT2D eigenvalue weighted by atomic mass is 16.5. The fourth-order valence-corrected chi connectivity index (χ4v) is 6.69. The molecule has 7 rings (SSSR count). The second-order valence-electron chi connectivity index (χ2n) is 13.3. The molecule has 1 aromatic carbocycles. The number of nitrogens with two attached hydrogens (primary N) is 2. The van der Waals surface area contributed by atoms with Gasteiger partial charge in [-0.05, 0) is 38.5 Å². The summed E-state index contributed by atoms with van der Waals surface area (Å²) in [5.41, 5.74) is 13.3. The van der Waals surface area contributed by atoms with Gasteiger partial charge in [0.05, 0.1) is 30.9 Å². The molecule has 0 atom stereocenters. The van der Waals surface area contributed by atoms with Gasteiger partial charge in [-0.25, -0.2) is 24.9 Å². The first-order valence-corrected chi connectivity index (χ1v) is 18.9. The predicted molar refractivity (Wildman–Crippen MR) is 213 cm³/mol. The quantitative estimate of drug-likeness (QED) is 0.0767. The zero-order valence-electron chi connectivity index (χ0n) is 32.1. The maximum absolute atomic E-state index is 13.6. The van der Waals surface area contributed by atoms with Gasteiger partial charge < -0.3 is 34.6 Å². The van der Waals surface area contributed by atoms with Crippen LogP contribution in [0.15, 0.2) is 61.3 Å². The Morgan fingerprint density at radius 2 is 1.38 bits per heavy atom. The number of primary amides is 2. The summed E-state index contributed by atoms with van der Waals surface area (Å²) in [6.07, 6.45) is 12.2. The summed E-state index contributed by atoms with van der Waals surface area (Å²) in [4.78, 5) is 75.8. The Balaban J connectivity index is 1.21. The third kappa shape index (κ3) is 8.42. The minimum atomic E-state index is -0.670. The fraction of sp³-hybridized carbons (Fsp3) is 0.342. The standard InChI is InChI=1S/C38H44N14O6/c1-3-49-13-8-41-33(49)35(55)46-37-44-26-20-24(30(39)53)22-28(58-17-7-10-48-15-18-57-19-16-48)29(26)51(37)11-5-6-12-52-32-27(21-25(23-43-32)31(40)54)45-38(52)47-36(56)34-42-9-14-50(34)4-2/h5-6,8-9,13-14,20-23H,3-4,7,10-12,15-19H2,1-2H3,(H2,39,53)(H2,40,54)(H,44,46,55)(H,45,47,56). The lowest BCUT2D eigenvalue weighted by Gasteiger charge is -2.26. The van der Waals surface area contributed by atoms with Crippen LogP contribution in [0.2, 0.25) is 0 Å². The largest absolute Gasteiger partial charge is 0.491 e. The number of benzene rings is 1. The third-order valence-corrected chi connectivity index (χ3v) is 9.65. The van der Waals surface area contributed by atoms with E-state index >= 15 is 0 Å². The van der Waals surface area contributed by atoms with Crippen LogP contribution in [0.3, 0.4) is 0 Å². The number of pyridine rings is 1. The van der Waals surface area contributed by atoms with E-state index < -0.39 is 23.6 Å². The van der Waals surface area contributed by atoms with Crippen molar-refractivity contribution < 1.29 is 28.7 Å². The lowest BCUT2D eigenvalue weighted by molar-refractivity contribution is 0.0358. The van der Waals surface area contributed by atoms with E-state index in [1.165, 1.54) is 18.5 Å². The topological polar surface area (TPSA) is 250 Å². The number of morpholine rings is 1. The van der Waals surface area contributed by atoms with E-state index in [4.69, 9.17) is 25.9 Å². The van der Waals surface area contributed by atoms with Crippen molar-refractivity contribution in [1.29, 1.82) is 0 Å². The van der Waals surface area contributed by atoms with Crippen molar-refractivity contribution in [3.63, 3.8) is 0 Å². The summed E-state index contributed by atoms with van der Waals surface area (Å²) in [6.45, 7) is 9.42. The molecule has 1 saturated heterocycles. The average Bonchev–Trinajstić information content (AvgIpc) is 4.03. The molecule has 6 aromatic rings. The zero-order valence-corrected chi connectivity index (χ0v) is 32.1. The summed E-state index contributed by atoms with van der Waals surface area (Å²) >= 11 is 0. The van der Waals surface area contributed by atoms with Crippen LogP contribution in [0.5, 0.6) is 5.75 Å². The highest BCUT2D eigenvalue weighted by Gasteiger charge is 2.23. The number of anilines is 2. The number of hydrogen-bond acceptors (Lipinski definition) is 12. The van der Waals surface area contributed by atoms with Gasteiger partial charge in [-0.3, -0.25) is 39.3 Å². The predicted octanol–water partition coefficient (Wildman–Crippen LogP) is 2.27. The summed E-state index contributed by atoms with van der Waals surface area (Å²) in [6, 6.07) is 4.65. The van der Waals surface area contributed by atoms with Crippen LogP contribution in [0.1, 0.15) is 62.2 Å². The minimum Gasteiger partial charge on any atom is -0.491 e. The number of aryl methyl sites for hydroxylation is 2. The number of hydrogen-bond donors (Lipinski definition) is 4. The Morgan fingerprint density at radius 1 is 0.793 bits per heavy atom. The highest BCUT2D eigenvalue weighted by molar-refractivity contribution is 6.04. The van der Waals surface area contributed by atoms with Gasteiger partial charge in [-0.1, -0.05) is 12.2 Å². The Bertz CT molecular complexity index is 2510. The van der Waals surface area contributed by atoms with Gasteiger partial charge in [-0.2, -0.15) is 0 Å². The van der Waals surface area contributed by atoms with Gasteiger partial charge in [0.1, 0.15) is 16.8 Å². The van der Waals surface area contributed by atoms with Crippen LogP contribution >= 0.6 is 0 Å². The zero-order chi connectivity index (χ0) is 40.8. The highest BCUT2D eigenvalue weighted by Crippen LogP contribution is 2.31. The molecule has 1 fully saturated rings. The Labute approximate surface area is 331 Å². The van der Waals surface area contributed by atoms with Gasteiger partial charge in [0.25, 0.3) is 11.8 Å². The maximum atomic E-state index is 13.6. The van der Waals surface area contributed by atoms with Crippen molar-refractivity contribution in [3.05, 3.63) is 84.1 Å². The Morgan fingerprint density at radius 3 is 2.00 bits per heavy atom. The summed E-state index contributed by atoms with van der Waals surface area (Å²) in [5.74, 6) is -1.17. The first-order valence-electron chi connectivity index (χ1n) is 18.9. The molecule has 1 aliphatic heterocycles. The lowest BCUT2D eigenvalue weighted by atomic mass is 10.1. The monoisotopic (exact) mass is 792 g/mol. The summed E-state index contributed by atoms with van der Waals surface area (Å²) in [5, 5.41) is 5.73. The number of allylic oxidation sites excluding steroid dienone is 2. The van der Waals surface area contributed by atoms with Crippen LogP contribution in [0, 0.1) is 0 Å². The van der Waals surface area contributed by atoms with Crippen LogP contribution in [-0.4, -0.2) is 111 Å². The number of imidazole rings is 4. The molecule has 6 heterocycles. The van der Waals surface area contributed by atoms with Crippen molar-refractivity contribution in [3.8, 4) is 5.75 Å². The fourth-order valence-electron chi connectivity index (χ4n) is 6.69. The van der Waals surface area contributed by atoms with E-state index in [9.17, 15) is 19.2 Å². The number of rotatable bonds is 17. The lowest BCUT2D eigenvalue weighted by Crippen LogP contribution is -2.37. The molecule has 302 valence electrons. The molecular weight excluding hydrogens is 749 g/mol. The number of nitrogens with one attached hydrogen (secondary N) is 2. The molecule has 1 aliphatic rings. The second kappa shape index (κ2) is 17.5. The molecule has 58 heavy (non-hydrogen) atoms. The van der Waals surface area contributed by atoms with Crippen molar-refractivity contribution >= 4 is 57.7 Å². The van der Waals surface area contributed by atoms with Gasteiger partial charge in [0, 0.05) is 82.4 Å². The van der Waals surface area contributed by atoms with E-state index in [1.807, 2.05) is 26.0 Å². The maximum Gasteiger partial charge on any atom is 0.293 e. The molecule has 0 spiro atoms. The first kappa shape index (κ1) is 39.3. The van der Waals surface area contributed by atoms with Gasteiger partial charge >= 0.3 is 0 Å². The number of fused-ring (bicyclic) bond motifs is 2. The number of carbonyl (C=O) groups is 4. The SMILES string of the molecule is CCn1ccnc1C(=O)Nc1nc2cc(C(N)=O)cnc2n1CC=CCn1c(NC(=O)c2nccn2CC)nc2cc(C(N)=O)cc(OCCCN3CCOCC3)c21. The van der Waals surface area contributed by atoms with Crippen LogP contribution in [0.25, 0.3) is 22.2 Å². The van der Waals surface area contributed by atoms with E-state index in [2.05, 4.69) is 35.5 Å². The number of aromatic nitrogens is 9. The first-order chi connectivity index (χ1) is 28.1. The molecular formula is C38H44N14O6. The Hall–Kier alpha value is -6.93. The van der Waals surface area contributed by atoms with Crippen molar-refractivity contribution in [2.45, 2.75) is 46.4 Å². The molecule has 0 saturated carbocycles. The van der Waals surface area contributed by atoms with E-state index in [0.717, 1.165) is 19.6 Å². The molecule has 0 unspecified atom stereocenters. The van der Waals surface area contributed by atoms with Crippen molar-refractivity contribution in [2.75, 3.05) is 50.1 Å². The van der Waals surface area contributed by atoms with Gasteiger partial charge in [0.2, 0.25) is 23.7 Å². The Kier molecular flexibility index (Phi) is 11.8. The summed E-state index contributed by atoms with van der Waals surface area (Å²) in [7, 11) is 0. The second-order valence-corrected chi connectivity index (χ2v) is 13.3. The molecule has 0 radical (unpaired) electrons. The molecule has 0 bridgehead atoms. The normalized spacial score (nSPS) is 13.4. The molecule has 0 aliphatic carbocycles. The van der Waals surface area contributed by atoms with Crippen LogP contribution < -0.4 is 26.8 Å². The van der Waals surface area contributed by atoms with Crippen molar-refractivity contribution in [2.24, 2.45) is 11.5 Å². The third-order valence-electron chi connectivity index (χ3n) is 9.65. The van der Waals surface area contributed by atoms with Crippen LogP contribution in [0.4, 0.5) is 11.9 Å². The molecule has 5 aromatic heterocycles. The molecule has 20 nitrogen and oxygen atoms in total. The smallest absolute Gasteiger partial charge is 0.293 e. The molecule has 4 amide bonds. The number of carbonyl (C=O) groups excluding carboxylic acids is 4. The number of nitrogens with zero attached hydrogens (tertiary/aromatic N) is 10.